The molecule has 98 valence electrons. The largest absolute Gasteiger partial charge is 0.469 e. The van der Waals surface area contributed by atoms with Crippen LogP contribution >= 0.6 is 0 Å². The van der Waals surface area contributed by atoms with Gasteiger partial charge in [0.1, 0.15) is 11.6 Å². The van der Waals surface area contributed by atoms with E-state index in [0.29, 0.717) is 0 Å². The topological polar surface area (TPSA) is 69.7 Å². The molecule has 0 saturated carbocycles. The van der Waals surface area contributed by atoms with E-state index in [1.807, 2.05) is 0 Å². The molecule has 16 heavy (non-hydrogen) atoms. The Kier molecular flexibility index (Phi) is 35.5. The molecule has 0 amide bonds. The summed E-state index contributed by atoms with van der Waals surface area (Å²) in [5.41, 5.74) is 0. The van der Waals surface area contributed by atoms with E-state index in [9.17, 15) is 14.4 Å². The summed E-state index contributed by atoms with van der Waals surface area (Å²) in [6.07, 6.45) is 0. The summed E-state index contributed by atoms with van der Waals surface area (Å²) in [6.45, 7) is 7.47. The van der Waals surface area contributed by atoms with Crippen molar-refractivity contribution in [2.75, 3.05) is 21.3 Å². The molecule has 0 N–H and O–H groups in total. The zero-order valence-electron chi connectivity index (χ0n) is 11.5. The average molecular weight is 236 g/mol. The smallest absolute Gasteiger partial charge is 0.302 e. The summed E-state index contributed by atoms with van der Waals surface area (Å²) in [7, 11) is 4.60. The van der Waals surface area contributed by atoms with Gasteiger partial charge in [-0.05, 0) is 27.7 Å². The molecule has 0 unspecified atom stereocenters. The Morgan fingerprint density at radius 2 is 0.750 bits per heavy atom. The maximum Gasteiger partial charge on any atom is 0.302 e. The molecule has 0 radical (unpaired) electrons. The summed E-state index contributed by atoms with van der Waals surface area (Å²) < 4.78 is 8.36. The van der Waals surface area contributed by atoms with Crippen molar-refractivity contribution in [1.29, 1.82) is 0 Å². The Balaban J connectivity index is -0.0000000610. The Bertz CT molecular complexity index is 155. The Hall–Kier alpha value is -1.23. The number of ether oxygens (including phenoxy) is 2. The van der Waals surface area contributed by atoms with Crippen LogP contribution < -0.4 is 0 Å². The second-order valence-electron chi connectivity index (χ2n) is 2.92. The molecule has 5 heteroatoms. The number of rotatable bonds is 0. The van der Waals surface area contributed by atoms with Gasteiger partial charge in [0.05, 0.1) is 7.11 Å². The predicted octanol–water partition coefficient (Wildman–Crippen LogP) is 1.63. The van der Waals surface area contributed by atoms with Gasteiger partial charge in [-0.25, -0.2) is 0 Å². The van der Waals surface area contributed by atoms with Crippen LogP contribution in [0.25, 0.3) is 0 Å². The first-order valence-corrected chi connectivity index (χ1v) is 4.54. The Labute approximate surface area is 98.1 Å². The molecule has 0 aromatic heterocycles. The van der Waals surface area contributed by atoms with E-state index in [1.165, 1.54) is 41.7 Å². The maximum absolute atomic E-state index is 9.59. The monoisotopic (exact) mass is 236 g/mol. The number of carbonyl (C=O) groups excluding carboxylic acids is 3. The van der Waals surface area contributed by atoms with Crippen molar-refractivity contribution in [3.8, 4) is 0 Å². The number of carbonyl (C=O) groups is 3. The number of esters is 1. The fourth-order valence-electron chi connectivity index (χ4n) is 0. The number of ketones is 2. The van der Waals surface area contributed by atoms with Gasteiger partial charge in [0, 0.05) is 21.1 Å². The fourth-order valence-corrected chi connectivity index (χ4v) is 0. The van der Waals surface area contributed by atoms with Gasteiger partial charge in [0.2, 0.25) is 0 Å². The Morgan fingerprint density at radius 3 is 0.750 bits per heavy atom. The lowest BCUT2D eigenvalue weighted by atomic mass is 10.6. The lowest BCUT2D eigenvalue weighted by Crippen LogP contribution is -1.88. The van der Waals surface area contributed by atoms with Crippen LogP contribution in [0.4, 0.5) is 0 Å². The number of hydrogen-bond donors (Lipinski definition) is 0. The second-order valence-corrected chi connectivity index (χ2v) is 2.92. The zero-order chi connectivity index (χ0) is 14.1. The van der Waals surface area contributed by atoms with Crippen molar-refractivity contribution in [2.24, 2.45) is 0 Å². The molecule has 0 aromatic rings. The molecule has 5 nitrogen and oxygen atoms in total. The van der Waals surface area contributed by atoms with Crippen LogP contribution in [-0.2, 0) is 23.9 Å². The summed E-state index contributed by atoms with van der Waals surface area (Å²) in [5.74, 6) is 0.0880. The minimum Gasteiger partial charge on any atom is -0.469 e. The van der Waals surface area contributed by atoms with Gasteiger partial charge < -0.3 is 19.1 Å². The molecular weight excluding hydrogens is 212 g/mol. The third-order valence-electron chi connectivity index (χ3n) is 0.287. The fraction of sp³-hybridized carbons (Fsp3) is 0.727. The standard InChI is InChI=1S/C3H6O2.2C3H6O.C2H6O/c1-3(4)5-2;2*1-3(2)4;1-3-2/h1-2H3;2*1-2H3;1-2H3. The average Bonchev–Trinajstić information content (AvgIpc) is 2.03. The van der Waals surface area contributed by atoms with Crippen LogP contribution in [0, 0.1) is 0 Å². The van der Waals surface area contributed by atoms with Gasteiger partial charge in [-0.2, -0.15) is 0 Å². The van der Waals surface area contributed by atoms with Crippen LogP contribution in [0.5, 0.6) is 0 Å². The van der Waals surface area contributed by atoms with Crippen molar-refractivity contribution < 1.29 is 23.9 Å². The van der Waals surface area contributed by atoms with Crippen molar-refractivity contribution in [3.05, 3.63) is 0 Å². The third-order valence-corrected chi connectivity index (χ3v) is 0.287. The second kappa shape index (κ2) is 23.5. The van der Waals surface area contributed by atoms with Crippen LogP contribution in [0.1, 0.15) is 34.6 Å². The van der Waals surface area contributed by atoms with Crippen molar-refractivity contribution in [1.82, 2.24) is 0 Å². The highest BCUT2D eigenvalue weighted by Crippen LogP contribution is 1.60. The van der Waals surface area contributed by atoms with E-state index in [0.717, 1.165) is 0 Å². The highest BCUT2D eigenvalue weighted by atomic mass is 16.5. The highest BCUT2D eigenvalue weighted by molar-refractivity contribution is 5.72. The molecule has 0 bridgehead atoms. The van der Waals surface area contributed by atoms with Gasteiger partial charge >= 0.3 is 5.97 Å². The van der Waals surface area contributed by atoms with Gasteiger partial charge in [-0.3, -0.25) is 4.79 Å². The van der Waals surface area contributed by atoms with Crippen molar-refractivity contribution in [3.63, 3.8) is 0 Å². The molecule has 0 aliphatic heterocycles. The molecule has 0 aliphatic rings. The minimum atomic E-state index is -0.245. The van der Waals surface area contributed by atoms with Crippen LogP contribution in [0.2, 0.25) is 0 Å². The third kappa shape index (κ3) is 2980. The number of Topliss-reactive ketones (excluding diaryl/α,β-unsaturated/α-hetero) is 2. The van der Waals surface area contributed by atoms with Crippen LogP contribution in [0.15, 0.2) is 0 Å². The van der Waals surface area contributed by atoms with Crippen molar-refractivity contribution >= 4 is 17.5 Å². The summed E-state index contributed by atoms with van der Waals surface area (Å²) >= 11 is 0. The van der Waals surface area contributed by atoms with Gasteiger partial charge in [0.15, 0.2) is 0 Å². The molecule has 0 atom stereocenters. The normalized spacial score (nSPS) is 6.50. The van der Waals surface area contributed by atoms with Gasteiger partial charge in [0.25, 0.3) is 0 Å². The summed E-state index contributed by atoms with van der Waals surface area (Å²) in [5, 5.41) is 0. The van der Waals surface area contributed by atoms with E-state index >= 15 is 0 Å². The van der Waals surface area contributed by atoms with Gasteiger partial charge in [-0.1, -0.05) is 0 Å². The highest BCUT2D eigenvalue weighted by Gasteiger charge is 1.75. The van der Waals surface area contributed by atoms with Gasteiger partial charge in [-0.15, -0.1) is 0 Å². The van der Waals surface area contributed by atoms with E-state index in [4.69, 9.17) is 0 Å². The minimum absolute atomic E-state index is 0.167. The van der Waals surface area contributed by atoms with Crippen LogP contribution in [0.3, 0.4) is 0 Å². The molecule has 0 rings (SSSR count). The quantitative estimate of drug-likeness (QED) is 0.598. The van der Waals surface area contributed by atoms with E-state index in [2.05, 4.69) is 9.47 Å². The molecule has 0 aliphatic carbocycles. The lowest BCUT2D eigenvalue weighted by molar-refractivity contribution is -0.138. The molecule has 0 fully saturated rings. The molecule has 0 spiro atoms. The number of hydrogen-bond acceptors (Lipinski definition) is 5. The van der Waals surface area contributed by atoms with E-state index < -0.39 is 0 Å². The van der Waals surface area contributed by atoms with E-state index in [1.54, 1.807) is 14.2 Å². The van der Waals surface area contributed by atoms with Crippen molar-refractivity contribution in [2.45, 2.75) is 34.6 Å². The lowest BCUT2D eigenvalue weighted by Gasteiger charge is -1.80. The van der Waals surface area contributed by atoms with E-state index in [-0.39, 0.29) is 17.5 Å². The predicted molar refractivity (Wildman–Crippen MR) is 63.3 cm³/mol. The zero-order valence-corrected chi connectivity index (χ0v) is 11.5. The molecular formula is C11H24O5. The first-order valence-electron chi connectivity index (χ1n) is 4.54. The first-order chi connectivity index (χ1) is 7.15. The number of methoxy groups -OCH3 is 2. The molecule has 0 aromatic carbocycles. The summed E-state index contributed by atoms with van der Waals surface area (Å²) in [6, 6.07) is 0. The van der Waals surface area contributed by atoms with Crippen LogP contribution in [-0.4, -0.2) is 38.9 Å². The Morgan fingerprint density at radius 1 is 0.688 bits per heavy atom. The maximum atomic E-state index is 9.59. The molecule has 0 heterocycles. The SMILES string of the molecule is CC(C)=O.CC(C)=O.COC.COC(C)=O. The molecule has 0 saturated heterocycles. The summed E-state index contributed by atoms with van der Waals surface area (Å²) in [4.78, 5) is 28.5. The first kappa shape index (κ1) is 24.1.